The van der Waals surface area contributed by atoms with E-state index in [0.717, 1.165) is 35.4 Å². The van der Waals surface area contributed by atoms with E-state index in [-0.39, 0.29) is 5.56 Å². The molecule has 0 radical (unpaired) electrons. The van der Waals surface area contributed by atoms with Gasteiger partial charge in [-0.15, -0.1) is 0 Å². The van der Waals surface area contributed by atoms with Crippen LogP contribution in [0.15, 0.2) is 23.0 Å². The second-order valence-electron chi connectivity index (χ2n) is 5.09. The Morgan fingerprint density at radius 1 is 1.40 bits per heavy atom. The van der Waals surface area contributed by atoms with E-state index in [2.05, 4.69) is 32.6 Å². The number of halogens is 1. The van der Waals surface area contributed by atoms with Crippen LogP contribution in [0, 0.1) is 10.5 Å². The van der Waals surface area contributed by atoms with Gasteiger partial charge in [-0.2, -0.15) is 0 Å². The van der Waals surface area contributed by atoms with E-state index in [1.165, 1.54) is 0 Å². The first-order chi connectivity index (χ1) is 9.60. The molecule has 20 heavy (non-hydrogen) atoms. The van der Waals surface area contributed by atoms with E-state index in [4.69, 9.17) is 4.74 Å². The van der Waals surface area contributed by atoms with Crippen molar-refractivity contribution in [3.05, 3.63) is 43.4 Å². The lowest BCUT2D eigenvalue weighted by Gasteiger charge is -2.10. The molecule has 1 fully saturated rings. The molecule has 1 heterocycles. The van der Waals surface area contributed by atoms with Gasteiger partial charge in [-0.05, 0) is 60.1 Å². The highest BCUT2D eigenvalue weighted by molar-refractivity contribution is 14.1. The van der Waals surface area contributed by atoms with Crippen LogP contribution in [0.25, 0.3) is 11.4 Å². The Balaban J connectivity index is 2.17. The second kappa shape index (κ2) is 5.20. The molecule has 3 rings (SSSR count). The summed E-state index contributed by atoms with van der Waals surface area (Å²) in [4.78, 5) is 19.6. The van der Waals surface area contributed by atoms with E-state index in [9.17, 15) is 4.79 Å². The number of aromatic amines is 1. The summed E-state index contributed by atoms with van der Waals surface area (Å²) in [6.45, 7) is 2.01. The molecule has 0 amide bonds. The average Bonchev–Trinajstić information content (AvgIpc) is 3.26. The van der Waals surface area contributed by atoms with Crippen LogP contribution in [0.2, 0.25) is 0 Å². The largest absolute Gasteiger partial charge is 0.496 e. The number of nitrogens with one attached hydrogen (secondary N) is 1. The second-order valence-corrected chi connectivity index (χ2v) is 6.17. The fraction of sp³-hybridized carbons (Fsp3) is 0.333. The van der Waals surface area contributed by atoms with Gasteiger partial charge in [0.1, 0.15) is 11.6 Å². The number of rotatable bonds is 3. The maximum Gasteiger partial charge on any atom is 0.264 e. The summed E-state index contributed by atoms with van der Waals surface area (Å²) in [5.74, 6) is 1.77. The zero-order valence-corrected chi connectivity index (χ0v) is 13.5. The fourth-order valence-corrected chi connectivity index (χ4v) is 2.92. The Bertz CT molecular complexity index is 720. The van der Waals surface area contributed by atoms with Crippen LogP contribution in [0.5, 0.6) is 5.75 Å². The minimum Gasteiger partial charge on any atom is -0.496 e. The average molecular weight is 382 g/mol. The number of ether oxygens (including phenoxy) is 1. The van der Waals surface area contributed by atoms with Gasteiger partial charge in [-0.3, -0.25) is 4.79 Å². The summed E-state index contributed by atoms with van der Waals surface area (Å²) in [7, 11) is 1.63. The number of aryl methyl sites for hydroxylation is 1. The van der Waals surface area contributed by atoms with Gasteiger partial charge in [-0.1, -0.05) is 6.07 Å². The molecule has 1 aliphatic rings. The summed E-state index contributed by atoms with van der Waals surface area (Å²) in [6.07, 6.45) is 2.24. The van der Waals surface area contributed by atoms with Gasteiger partial charge in [0.15, 0.2) is 0 Å². The number of aromatic nitrogens is 2. The molecule has 0 spiro atoms. The van der Waals surface area contributed by atoms with Crippen LogP contribution in [0.3, 0.4) is 0 Å². The van der Waals surface area contributed by atoms with Crippen molar-refractivity contribution in [2.75, 3.05) is 7.11 Å². The van der Waals surface area contributed by atoms with Crippen molar-refractivity contribution in [3.8, 4) is 17.1 Å². The molecule has 104 valence electrons. The Morgan fingerprint density at radius 3 is 2.80 bits per heavy atom. The summed E-state index contributed by atoms with van der Waals surface area (Å²) in [5.41, 5.74) is 2.79. The zero-order chi connectivity index (χ0) is 14.3. The molecule has 5 heteroatoms. The van der Waals surface area contributed by atoms with Gasteiger partial charge in [0.05, 0.1) is 21.9 Å². The van der Waals surface area contributed by atoms with E-state index >= 15 is 0 Å². The lowest BCUT2D eigenvalue weighted by molar-refractivity contribution is 0.416. The van der Waals surface area contributed by atoms with Crippen LogP contribution in [-0.4, -0.2) is 17.1 Å². The van der Waals surface area contributed by atoms with Crippen LogP contribution < -0.4 is 10.3 Å². The van der Waals surface area contributed by atoms with Gasteiger partial charge in [-0.25, -0.2) is 4.98 Å². The molecule has 1 saturated carbocycles. The first kappa shape index (κ1) is 13.6. The van der Waals surface area contributed by atoms with E-state index in [0.29, 0.717) is 15.3 Å². The number of H-pyrrole nitrogens is 1. The van der Waals surface area contributed by atoms with Crippen molar-refractivity contribution in [3.63, 3.8) is 0 Å². The first-order valence-electron chi connectivity index (χ1n) is 6.55. The molecule has 1 aromatic carbocycles. The SMILES string of the molecule is COc1cc(C)ccc1-c1nc(C2CC2)c(I)c(=O)[nH]1. The van der Waals surface area contributed by atoms with E-state index in [1.54, 1.807) is 7.11 Å². The monoisotopic (exact) mass is 382 g/mol. The minimum atomic E-state index is -0.0693. The minimum absolute atomic E-state index is 0.0693. The number of hydrogen-bond donors (Lipinski definition) is 1. The molecule has 1 N–H and O–H groups in total. The van der Waals surface area contributed by atoms with Crippen molar-refractivity contribution in [1.82, 2.24) is 9.97 Å². The van der Waals surface area contributed by atoms with Gasteiger partial charge in [0.2, 0.25) is 0 Å². The third-order valence-electron chi connectivity index (χ3n) is 3.46. The first-order valence-corrected chi connectivity index (χ1v) is 7.62. The van der Waals surface area contributed by atoms with Crippen LogP contribution in [0.4, 0.5) is 0 Å². The zero-order valence-electron chi connectivity index (χ0n) is 11.4. The molecular formula is C15H15IN2O2. The summed E-state index contributed by atoms with van der Waals surface area (Å²) in [5, 5.41) is 0. The lowest BCUT2D eigenvalue weighted by atomic mass is 10.1. The third-order valence-corrected chi connectivity index (χ3v) is 4.51. The normalized spacial score (nSPS) is 14.3. The smallest absolute Gasteiger partial charge is 0.264 e. The Hall–Kier alpha value is -1.37. The summed E-state index contributed by atoms with van der Waals surface area (Å²) in [6, 6.07) is 5.88. The Kier molecular flexibility index (Phi) is 3.54. The third kappa shape index (κ3) is 2.46. The summed E-state index contributed by atoms with van der Waals surface area (Å²) >= 11 is 2.08. The lowest BCUT2D eigenvalue weighted by Crippen LogP contribution is -2.16. The topological polar surface area (TPSA) is 55.0 Å². The van der Waals surface area contributed by atoms with Crippen molar-refractivity contribution >= 4 is 22.6 Å². The van der Waals surface area contributed by atoms with Crippen LogP contribution in [-0.2, 0) is 0 Å². The van der Waals surface area contributed by atoms with Crippen molar-refractivity contribution in [2.45, 2.75) is 25.7 Å². The highest BCUT2D eigenvalue weighted by Crippen LogP contribution is 2.41. The van der Waals surface area contributed by atoms with Crippen LogP contribution in [0.1, 0.15) is 30.0 Å². The molecule has 0 saturated heterocycles. The number of nitrogens with zero attached hydrogens (tertiary/aromatic N) is 1. The van der Waals surface area contributed by atoms with Crippen molar-refractivity contribution < 1.29 is 4.74 Å². The molecular weight excluding hydrogens is 367 g/mol. The predicted molar refractivity (Wildman–Crippen MR) is 86.3 cm³/mol. The number of hydrogen-bond acceptors (Lipinski definition) is 3. The molecule has 0 aliphatic heterocycles. The van der Waals surface area contributed by atoms with E-state index in [1.807, 2.05) is 25.1 Å². The fourth-order valence-electron chi connectivity index (χ4n) is 2.23. The molecule has 0 unspecified atom stereocenters. The molecule has 4 nitrogen and oxygen atoms in total. The quantitative estimate of drug-likeness (QED) is 0.830. The summed E-state index contributed by atoms with van der Waals surface area (Å²) < 4.78 is 6.11. The molecule has 0 atom stereocenters. The number of methoxy groups -OCH3 is 1. The van der Waals surface area contributed by atoms with Crippen molar-refractivity contribution in [1.29, 1.82) is 0 Å². The molecule has 1 aliphatic carbocycles. The van der Waals surface area contributed by atoms with Gasteiger partial charge in [0, 0.05) is 5.92 Å². The number of benzene rings is 1. The highest BCUT2D eigenvalue weighted by atomic mass is 127. The van der Waals surface area contributed by atoms with Gasteiger partial charge >= 0.3 is 0 Å². The van der Waals surface area contributed by atoms with Crippen molar-refractivity contribution in [2.24, 2.45) is 0 Å². The van der Waals surface area contributed by atoms with Gasteiger partial charge in [0.25, 0.3) is 5.56 Å². The maximum absolute atomic E-state index is 12.1. The predicted octanol–water partition coefficient (Wildman–Crippen LogP) is 3.24. The molecule has 0 bridgehead atoms. The Labute approximate surface area is 130 Å². The standard InChI is InChI=1S/C15H15IN2O2/c1-8-3-6-10(11(7-8)20-2)14-17-13(9-4-5-9)12(16)15(19)18-14/h3,6-7,9H,4-5H2,1-2H3,(H,17,18,19). The molecule has 1 aromatic heterocycles. The Morgan fingerprint density at radius 2 is 2.15 bits per heavy atom. The maximum atomic E-state index is 12.1. The molecule has 2 aromatic rings. The van der Waals surface area contributed by atoms with Crippen LogP contribution >= 0.6 is 22.6 Å². The van der Waals surface area contributed by atoms with E-state index < -0.39 is 0 Å². The highest BCUT2D eigenvalue weighted by Gasteiger charge is 2.29. The van der Waals surface area contributed by atoms with Gasteiger partial charge < -0.3 is 9.72 Å².